The van der Waals surface area contributed by atoms with Gasteiger partial charge < -0.3 is 5.11 Å². The highest BCUT2D eigenvalue weighted by atomic mass is 32.2. The van der Waals surface area contributed by atoms with Crippen molar-refractivity contribution >= 4 is 15.7 Å². The lowest BCUT2D eigenvalue weighted by Gasteiger charge is -2.02. The Morgan fingerprint density at radius 2 is 2.11 bits per heavy atom. The van der Waals surface area contributed by atoms with Crippen LogP contribution in [0.25, 0.3) is 0 Å². The molecule has 0 atom stereocenters. The number of hydrogen-bond donors (Lipinski definition) is 2. The van der Waals surface area contributed by atoms with Gasteiger partial charge in [-0.3, -0.25) is 14.1 Å². The lowest BCUT2D eigenvalue weighted by Crippen LogP contribution is -2.12. The summed E-state index contributed by atoms with van der Waals surface area (Å²) in [6, 6.07) is 0. The van der Waals surface area contributed by atoms with Gasteiger partial charge in [0, 0.05) is 32.6 Å². The quantitative estimate of drug-likeness (QED) is 0.765. The minimum atomic E-state index is -3.65. The Kier molecular flexibility index (Phi) is 3.86. The number of nitrogens with zero attached hydrogens (tertiary/aromatic N) is 4. The van der Waals surface area contributed by atoms with E-state index in [1.807, 2.05) is 0 Å². The summed E-state index contributed by atoms with van der Waals surface area (Å²) in [7, 11) is -1.95. The van der Waals surface area contributed by atoms with Gasteiger partial charge in [0.05, 0.1) is 18.1 Å². The van der Waals surface area contributed by atoms with E-state index >= 15 is 0 Å². The number of aryl methyl sites for hydroxylation is 2. The number of anilines is 1. The molecule has 0 bridgehead atoms. The number of aliphatic hydroxyl groups is 1. The zero-order valence-corrected chi connectivity index (χ0v) is 11.2. The van der Waals surface area contributed by atoms with Crippen molar-refractivity contribution in [1.29, 1.82) is 0 Å². The van der Waals surface area contributed by atoms with Gasteiger partial charge in [-0.15, -0.1) is 0 Å². The van der Waals surface area contributed by atoms with Crippen molar-refractivity contribution in [2.75, 3.05) is 11.3 Å². The maximum absolute atomic E-state index is 12.0. The summed E-state index contributed by atoms with van der Waals surface area (Å²) in [6.07, 6.45) is 6.21. The van der Waals surface area contributed by atoms with Crippen molar-refractivity contribution in [2.45, 2.75) is 17.9 Å². The van der Waals surface area contributed by atoms with Gasteiger partial charge in [0.2, 0.25) is 0 Å². The summed E-state index contributed by atoms with van der Waals surface area (Å²) in [5.74, 6) is 0. The largest absolute Gasteiger partial charge is 0.396 e. The SMILES string of the molecule is Cn1cc(NS(=O)(=O)c2cnn(CCCO)c2)cn1. The molecule has 0 saturated heterocycles. The van der Waals surface area contributed by atoms with E-state index in [9.17, 15) is 8.42 Å². The van der Waals surface area contributed by atoms with Crippen LogP contribution >= 0.6 is 0 Å². The van der Waals surface area contributed by atoms with E-state index in [1.54, 1.807) is 13.2 Å². The van der Waals surface area contributed by atoms with E-state index in [0.717, 1.165) is 0 Å². The number of aromatic nitrogens is 4. The van der Waals surface area contributed by atoms with Crippen molar-refractivity contribution in [2.24, 2.45) is 7.05 Å². The van der Waals surface area contributed by atoms with Gasteiger partial charge in [-0.1, -0.05) is 0 Å². The standard InChI is InChI=1S/C10H15N5O3S/c1-14-7-9(5-11-14)13-19(17,18)10-6-12-15(8-10)3-2-4-16/h5-8,13,16H,2-4H2,1H3. The van der Waals surface area contributed by atoms with Crippen LogP contribution in [0.3, 0.4) is 0 Å². The Morgan fingerprint density at radius 3 is 2.74 bits per heavy atom. The molecule has 8 nitrogen and oxygen atoms in total. The van der Waals surface area contributed by atoms with Crippen LogP contribution in [0.5, 0.6) is 0 Å². The molecule has 104 valence electrons. The van der Waals surface area contributed by atoms with Crippen LogP contribution in [-0.2, 0) is 23.6 Å². The molecule has 0 aromatic carbocycles. The van der Waals surface area contributed by atoms with Gasteiger partial charge in [-0.05, 0) is 6.42 Å². The summed E-state index contributed by atoms with van der Waals surface area (Å²) >= 11 is 0. The van der Waals surface area contributed by atoms with E-state index in [1.165, 1.54) is 28.0 Å². The van der Waals surface area contributed by atoms with Crippen molar-refractivity contribution in [3.63, 3.8) is 0 Å². The molecule has 0 amide bonds. The summed E-state index contributed by atoms with van der Waals surface area (Å²) in [5, 5.41) is 16.5. The van der Waals surface area contributed by atoms with Crippen LogP contribution in [0.1, 0.15) is 6.42 Å². The first-order valence-electron chi connectivity index (χ1n) is 5.66. The maximum atomic E-state index is 12.0. The van der Waals surface area contributed by atoms with Gasteiger partial charge >= 0.3 is 0 Å². The fourth-order valence-corrected chi connectivity index (χ4v) is 2.51. The summed E-state index contributed by atoms with van der Waals surface area (Å²) in [5.41, 5.74) is 0.394. The highest BCUT2D eigenvalue weighted by molar-refractivity contribution is 7.92. The number of rotatable bonds is 6. The van der Waals surface area contributed by atoms with Crippen molar-refractivity contribution in [1.82, 2.24) is 19.6 Å². The average molecular weight is 285 g/mol. The van der Waals surface area contributed by atoms with Crippen LogP contribution in [0.15, 0.2) is 29.7 Å². The molecule has 2 aromatic heterocycles. The third-order valence-electron chi connectivity index (χ3n) is 2.42. The van der Waals surface area contributed by atoms with E-state index in [0.29, 0.717) is 18.7 Å². The van der Waals surface area contributed by atoms with Crippen molar-refractivity contribution < 1.29 is 13.5 Å². The van der Waals surface area contributed by atoms with Crippen LogP contribution in [0.2, 0.25) is 0 Å². The predicted molar refractivity (Wildman–Crippen MR) is 67.9 cm³/mol. The molecule has 0 aliphatic carbocycles. The average Bonchev–Trinajstić information content (AvgIpc) is 2.95. The predicted octanol–water partition coefficient (Wildman–Crippen LogP) is -0.200. The minimum Gasteiger partial charge on any atom is -0.396 e. The Morgan fingerprint density at radius 1 is 1.32 bits per heavy atom. The second-order valence-corrected chi connectivity index (χ2v) is 5.71. The zero-order valence-electron chi connectivity index (χ0n) is 10.4. The lowest BCUT2D eigenvalue weighted by atomic mass is 10.5. The molecule has 2 rings (SSSR count). The number of hydrogen-bond acceptors (Lipinski definition) is 5. The van der Waals surface area contributed by atoms with E-state index < -0.39 is 10.0 Å². The highest BCUT2D eigenvalue weighted by Gasteiger charge is 2.17. The molecule has 9 heteroatoms. The minimum absolute atomic E-state index is 0.0376. The Labute approximate surface area is 110 Å². The zero-order chi connectivity index (χ0) is 13.9. The van der Waals surface area contributed by atoms with Crippen LogP contribution in [-0.4, -0.2) is 39.7 Å². The topological polar surface area (TPSA) is 102 Å². The number of aliphatic hydroxyl groups excluding tert-OH is 1. The van der Waals surface area contributed by atoms with Gasteiger partial charge in [-0.25, -0.2) is 8.42 Å². The molecule has 0 fully saturated rings. The molecular formula is C10H15N5O3S. The third-order valence-corrected chi connectivity index (χ3v) is 3.76. The number of sulfonamides is 1. The first kappa shape index (κ1) is 13.6. The molecule has 2 N–H and O–H groups in total. The second-order valence-electron chi connectivity index (χ2n) is 4.02. The van der Waals surface area contributed by atoms with E-state index in [2.05, 4.69) is 14.9 Å². The normalized spacial score (nSPS) is 11.7. The maximum Gasteiger partial charge on any atom is 0.265 e. The van der Waals surface area contributed by atoms with Crippen molar-refractivity contribution in [3.05, 3.63) is 24.8 Å². The smallest absolute Gasteiger partial charge is 0.265 e. The van der Waals surface area contributed by atoms with Crippen LogP contribution < -0.4 is 4.72 Å². The fourth-order valence-electron chi connectivity index (χ4n) is 1.53. The first-order valence-corrected chi connectivity index (χ1v) is 7.14. The van der Waals surface area contributed by atoms with E-state index in [4.69, 9.17) is 5.11 Å². The third kappa shape index (κ3) is 3.32. The van der Waals surface area contributed by atoms with E-state index in [-0.39, 0.29) is 11.5 Å². The van der Waals surface area contributed by atoms with Crippen molar-refractivity contribution in [3.8, 4) is 0 Å². The lowest BCUT2D eigenvalue weighted by molar-refractivity contribution is 0.277. The molecule has 0 unspecified atom stereocenters. The highest BCUT2D eigenvalue weighted by Crippen LogP contribution is 2.14. The number of nitrogens with one attached hydrogen (secondary N) is 1. The molecule has 0 spiro atoms. The monoisotopic (exact) mass is 285 g/mol. The Balaban J connectivity index is 2.13. The first-order chi connectivity index (χ1) is 9.01. The van der Waals surface area contributed by atoms with Gasteiger partial charge in [0.15, 0.2) is 0 Å². The van der Waals surface area contributed by atoms with Crippen LogP contribution in [0.4, 0.5) is 5.69 Å². The second kappa shape index (κ2) is 5.41. The van der Waals surface area contributed by atoms with Gasteiger partial charge in [-0.2, -0.15) is 10.2 Å². The summed E-state index contributed by atoms with van der Waals surface area (Å²) < 4.78 is 29.5. The van der Waals surface area contributed by atoms with Gasteiger partial charge in [0.1, 0.15) is 4.90 Å². The summed E-state index contributed by atoms with van der Waals surface area (Å²) in [6.45, 7) is 0.509. The Bertz CT molecular complexity index is 646. The molecule has 2 heterocycles. The molecule has 0 radical (unpaired) electrons. The summed E-state index contributed by atoms with van der Waals surface area (Å²) in [4.78, 5) is 0.0780. The van der Waals surface area contributed by atoms with Crippen LogP contribution in [0, 0.1) is 0 Å². The molecule has 0 aliphatic rings. The molecule has 19 heavy (non-hydrogen) atoms. The van der Waals surface area contributed by atoms with Gasteiger partial charge in [0.25, 0.3) is 10.0 Å². The molecular weight excluding hydrogens is 270 g/mol. The Hall–Kier alpha value is -1.87. The molecule has 0 saturated carbocycles. The fraction of sp³-hybridized carbons (Fsp3) is 0.400. The molecule has 0 aliphatic heterocycles. The molecule has 2 aromatic rings.